The largest absolute Gasteiger partial charge is 0.375 e. The minimum absolute atomic E-state index is 0.408. The summed E-state index contributed by atoms with van der Waals surface area (Å²) in [5, 5.41) is 0. The number of hydrogen-bond donors (Lipinski definition) is 0. The maximum atomic E-state index is 5.80. The summed E-state index contributed by atoms with van der Waals surface area (Å²) < 4.78 is 8.16. The van der Waals surface area contributed by atoms with E-state index in [0.29, 0.717) is 12.1 Å². The first-order valence-corrected chi connectivity index (χ1v) is 7.54. The molecule has 0 N–H and O–H groups in total. The van der Waals surface area contributed by atoms with Crippen molar-refractivity contribution >= 4 is 0 Å². The number of ether oxygens (including phenoxy) is 1. The van der Waals surface area contributed by atoms with Gasteiger partial charge in [0.25, 0.3) is 0 Å². The molecule has 2 heterocycles. The smallest absolute Gasteiger partial charge is 0.126 e. The van der Waals surface area contributed by atoms with Crippen molar-refractivity contribution in [2.24, 2.45) is 5.92 Å². The summed E-state index contributed by atoms with van der Waals surface area (Å²) in [6.45, 7) is 10.6. The van der Waals surface area contributed by atoms with Gasteiger partial charge in [-0.2, -0.15) is 0 Å². The van der Waals surface area contributed by atoms with E-state index in [1.165, 1.54) is 24.4 Å². The number of imidazole rings is 1. The van der Waals surface area contributed by atoms with Crippen molar-refractivity contribution in [1.29, 1.82) is 0 Å². The van der Waals surface area contributed by atoms with Gasteiger partial charge in [-0.15, -0.1) is 0 Å². The maximum absolute atomic E-state index is 5.80. The van der Waals surface area contributed by atoms with Crippen LogP contribution in [0, 0.1) is 5.92 Å². The molecule has 0 radical (unpaired) electrons. The van der Waals surface area contributed by atoms with Crippen molar-refractivity contribution in [1.82, 2.24) is 14.5 Å². The molecule has 3 rings (SSSR count). The number of rotatable bonds is 5. The van der Waals surface area contributed by atoms with Crippen LogP contribution in [0.5, 0.6) is 0 Å². The van der Waals surface area contributed by atoms with Gasteiger partial charge in [-0.3, -0.25) is 4.90 Å². The molecule has 1 aromatic rings. The lowest BCUT2D eigenvalue weighted by Gasteiger charge is -2.37. The van der Waals surface area contributed by atoms with E-state index >= 15 is 0 Å². The average molecular weight is 263 g/mol. The van der Waals surface area contributed by atoms with Crippen LogP contribution in [0.25, 0.3) is 0 Å². The van der Waals surface area contributed by atoms with Crippen LogP contribution in [0.1, 0.15) is 51.2 Å². The highest BCUT2D eigenvalue weighted by molar-refractivity contribution is 5.10. The lowest BCUT2D eigenvalue weighted by molar-refractivity contribution is 0.0968. The third-order valence-electron chi connectivity index (χ3n) is 4.39. The second-order valence-electron chi connectivity index (χ2n) is 6.23. The topological polar surface area (TPSA) is 30.3 Å². The molecule has 4 nitrogen and oxygen atoms in total. The first kappa shape index (κ1) is 13.1. The standard InChI is InChI=1S/C15H25N3O/c1-11(2)17-6-7-18-14(8-16-15(18)12(17)3)10-19-9-13-4-5-13/h8,11-13H,4-7,9-10H2,1-3H3. The molecular weight excluding hydrogens is 238 g/mol. The van der Waals surface area contributed by atoms with Gasteiger partial charge in [0, 0.05) is 25.7 Å². The zero-order valence-electron chi connectivity index (χ0n) is 12.3. The van der Waals surface area contributed by atoms with Crippen LogP contribution >= 0.6 is 0 Å². The van der Waals surface area contributed by atoms with Crippen LogP contribution in [0.2, 0.25) is 0 Å². The van der Waals surface area contributed by atoms with Crippen molar-refractivity contribution < 1.29 is 4.74 Å². The SMILES string of the molecule is CC(C)N1CCn2c(COCC3CC3)cnc2C1C. The zero-order valence-corrected chi connectivity index (χ0v) is 12.3. The van der Waals surface area contributed by atoms with Gasteiger partial charge in [-0.25, -0.2) is 4.98 Å². The minimum Gasteiger partial charge on any atom is -0.375 e. The first-order chi connectivity index (χ1) is 9.16. The zero-order chi connectivity index (χ0) is 13.4. The molecule has 106 valence electrons. The average Bonchev–Trinajstić information content (AvgIpc) is 3.10. The summed E-state index contributed by atoms with van der Waals surface area (Å²) >= 11 is 0. The summed E-state index contributed by atoms with van der Waals surface area (Å²) in [6, 6.07) is 0.987. The van der Waals surface area contributed by atoms with E-state index in [0.717, 1.165) is 32.2 Å². The molecule has 1 unspecified atom stereocenters. The van der Waals surface area contributed by atoms with Crippen LogP contribution in [0.15, 0.2) is 6.20 Å². The van der Waals surface area contributed by atoms with Crippen molar-refractivity contribution in [2.75, 3.05) is 13.2 Å². The van der Waals surface area contributed by atoms with Crippen LogP contribution in [-0.4, -0.2) is 33.6 Å². The molecule has 1 aromatic heterocycles. The fourth-order valence-corrected chi connectivity index (χ4v) is 3.01. The molecule has 1 aliphatic carbocycles. The number of fused-ring (bicyclic) bond motifs is 1. The molecule has 0 aromatic carbocycles. The Kier molecular flexibility index (Phi) is 3.63. The molecule has 4 heteroatoms. The Morgan fingerprint density at radius 3 is 2.84 bits per heavy atom. The highest BCUT2D eigenvalue weighted by Gasteiger charge is 2.28. The Morgan fingerprint density at radius 2 is 2.16 bits per heavy atom. The minimum atomic E-state index is 0.408. The molecule has 1 saturated carbocycles. The van der Waals surface area contributed by atoms with Gasteiger partial charge in [-0.05, 0) is 39.5 Å². The predicted octanol–water partition coefficient (Wildman–Crippen LogP) is 2.59. The second-order valence-corrected chi connectivity index (χ2v) is 6.23. The van der Waals surface area contributed by atoms with Gasteiger partial charge < -0.3 is 9.30 Å². The molecule has 0 amide bonds. The van der Waals surface area contributed by atoms with Gasteiger partial charge >= 0.3 is 0 Å². The Morgan fingerprint density at radius 1 is 1.37 bits per heavy atom. The maximum Gasteiger partial charge on any atom is 0.126 e. The first-order valence-electron chi connectivity index (χ1n) is 7.54. The van der Waals surface area contributed by atoms with Gasteiger partial charge in [0.15, 0.2) is 0 Å². The Labute approximate surface area is 115 Å². The van der Waals surface area contributed by atoms with Crippen LogP contribution in [0.4, 0.5) is 0 Å². The molecule has 1 aliphatic heterocycles. The molecule has 0 saturated heterocycles. The lowest BCUT2D eigenvalue weighted by Crippen LogP contribution is -2.41. The Bertz CT molecular complexity index is 437. The quantitative estimate of drug-likeness (QED) is 0.818. The van der Waals surface area contributed by atoms with E-state index in [-0.39, 0.29) is 0 Å². The van der Waals surface area contributed by atoms with Gasteiger partial charge in [0.1, 0.15) is 5.82 Å². The van der Waals surface area contributed by atoms with Crippen molar-refractivity contribution in [3.8, 4) is 0 Å². The molecule has 0 spiro atoms. The predicted molar refractivity (Wildman–Crippen MR) is 74.9 cm³/mol. The van der Waals surface area contributed by atoms with E-state index in [1.54, 1.807) is 0 Å². The van der Waals surface area contributed by atoms with E-state index in [2.05, 4.69) is 35.2 Å². The summed E-state index contributed by atoms with van der Waals surface area (Å²) in [7, 11) is 0. The normalized spacial score (nSPS) is 23.9. The fraction of sp³-hybridized carbons (Fsp3) is 0.800. The fourth-order valence-electron chi connectivity index (χ4n) is 3.01. The number of aromatic nitrogens is 2. The van der Waals surface area contributed by atoms with Crippen molar-refractivity contribution in [3.05, 3.63) is 17.7 Å². The molecular formula is C15H25N3O. The molecule has 0 bridgehead atoms. The van der Waals surface area contributed by atoms with Gasteiger partial charge in [-0.1, -0.05) is 0 Å². The highest BCUT2D eigenvalue weighted by Crippen LogP contribution is 2.30. The van der Waals surface area contributed by atoms with Crippen LogP contribution in [0.3, 0.4) is 0 Å². The van der Waals surface area contributed by atoms with E-state index in [4.69, 9.17) is 4.74 Å². The Hall–Kier alpha value is -0.870. The second kappa shape index (κ2) is 5.25. The Balaban J connectivity index is 1.67. The van der Waals surface area contributed by atoms with Crippen LogP contribution < -0.4 is 0 Å². The summed E-state index contributed by atoms with van der Waals surface area (Å²) in [5.41, 5.74) is 1.24. The summed E-state index contributed by atoms with van der Waals surface area (Å²) in [6.07, 6.45) is 4.71. The lowest BCUT2D eigenvalue weighted by atomic mass is 10.1. The van der Waals surface area contributed by atoms with Crippen LogP contribution in [-0.2, 0) is 17.9 Å². The molecule has 2 aliphatic rings. The van der Waals surface area contributed by atoms with Gasteiger partial charge in [0.2, 0.25) is 0 Å². The summed E-state index contributed by atoms with van der Waals surface area (Å²) in [4.78, 5) is 7.14. The molecule has 19 heavy (non-hydrogen) atoms. The third kappa shape index (κ3) is 2.70. The molecule has 1 atom stereocenters. The van der Waals surface area contributed by atoms with Crippen molar-refractivity contribution in [3.63, 3.8) is 0 Å². The molecule has 1 fully saturated rings. The van der Waals surface area contributed by atoms with Crippen molar-refractivity contribution in [2.45, 2.75) is 58.8 Å². The number of hydrogen-bond acceptors (Lipinski definition) is 3. The monoisotopic (exact) mass is 263 g/mol. The summed E-state index contributed by atoms with van der Waals surface area (Å²) in [5.74, 6) is 2.03. The third-order valence-corrected chi connectivity index (χ3v) is 4.39. The highest BCUT2D eigenvalue weighted by atomic mass is 16.5. The van der Waals surface area contributed by atoms with Gasteiger partial charge in [0.05, 0.1) is 24.5 Å². The van der Waals surface area contributed by atoms with E-state index in [1.807, 2.05) is 6.20 Å². The van der Waals surface area contributed by atoms with E-state index < -0.39 is 0 Å². The number of nitrogens with zero attached hydrogens (tertiary/aromatic N) is 3. The van der Waals surface area contributed by atoms with E-state index in [9.17, 15) is 0 Å².